The molecule has 0 radical (unpaired) electrons. The Balaban J connectivity index is 0.850. The summed E-state index contributed by atoms with van der Waals surface area (Å²) < 4.78 is 107. The highest BCUT2D eigenvalue weighted by atomic mass is 19.2. The molecule has 56 heavy (non-hydrogen) atoms. The lowest BCUT2D eigenvalue weighted by Gasteiger charge is -2.29. The zero-order chi connectivity index (χ0) is 39.8. The van der Waals surface area contributed by atoms with Crippen LogP contribution in [0.4, 0.5) is 26.3 Å². The summed E-state index contributed by atoms with van der Waals surface area (Å²) >= 11 is 0. The first-order chi connectivity index (χ1) is 27.1. The van der Waals surface area contributed by atoms with E-state index >= 15 is 13.2 Å². The third-order valence-electron chi connectivity index (χ3n) is 12.2. The van der Waals surface area contributed by atoms with Crippen molar-refractivity contribution in [3.05, 3.63) is 88.0 Å². The first kappa shape index (κ1) is 42.3. The van der Waals surface area contributed by atoms with Crippen LogP contribution in [0.1, 0.15) is 132 Å². The van der Waals surface area contributed by atoms with Gasteiger partial charge in [0, 0.05) is 19.8 Å². The van der Waals surface area contributed by atoms with Gasteiger partial charge in [0.05, 0.1) is 29.6 Å². The monoisotopic (exact) mass is 786 g/mol. The molecule has 2 fully saturated rings. The molecule has 6 rings (SSSR count). The second kappa shape index (κ2) is 19.9. The molecule has 0 saturated heterocycles. The van der Waals surface area contributed by atoms with Crippen molar-refractivity contribution in [3.63, 3.8) is 0 Å². The van der Waals surface area contributed by atoms with E-state index in [4.69, 9.17) is 14.2 Å². The molecular formula is C46H56F6O4. The van der Waals surface area contributed by atoms with E-state index in [1.54, 1.807) is 44.2 Å². The van der Waals surface area contributed by atoms with Crippen LogP contribution < -0.4 is 4.74 Å². The van der Waals surface area contributed by atoms with Crippen LogP contribution in [0.2, 0.25) is 0 Å². The normalized spacial score (nSPS) is 20.9. The van der Waals surface area contributed by atoms with Crippen molar-refractivity contribution in [2.24, 2.45) is 5.92 Å². The predicted molar refractivity (Wildman–Crippen MR) is 208 cm³/mol. The number of aliphatic hydroxyl groups excluding tert-OH is 1. The Labute approximate surface area is 326 Å². The van der Waals surface area contributed by atoms with Crippen LogP contribution in [0.3, 0.4) is 0 Å². The summed E-state index contributed by atoms with van der Waals surface area (Å²) in [6.07, 6.45) is 12.6. The SMILES string of the molecule is CCOc1ccc2cc(C3CCC(OCCCCC(CCO)CCCCOC4CCC(c5cc6ccc(C)c(F)c6c(F)c5F)CC4)CC3)c(F)c(F)c2c1F. The summed E-state index contributed by atoms with van der Waals surface area (Å²) in [4.78, 5) is 0. The highest BCUT2D eigenvalue weighted by Crippen LogP contribution is 2.41. The van der Waals surface area contributed by atoms with E-state index in [9.17, 15) is 18.3 Å². The average Bonchev–Trinajstić information content (AvgIpc) is 3.20. The van der Waals surface area contributed by atoms with E-state index in [0.29, 0.717) is 66.7 Å². The van der Waals surface area contributed by atoms with E-state index in [2.05, 4.69) is 0 Å². The summed E-state index contributed by atoms with van der Waals surface area (Å²) in [5, 5.41) is 9.72. The van der Waals surface area contributed by atoms with E-state index in [1.165, 1.54) is 6.07 Å². The molecule has 306 valence electrons. The van der Waals surface area contributed by atoms with Gasteiger partial charge in [0.1, 0.15) is 5.82 Å². The molecule has 10 heteroatoms. The van der Waals surface area contributed by atoms with Gasteiger partial charge in [-0.15, -0.1) is 0 Å². The molecule has 0 spiro atoms. The van der Waals surface area contributed by atoms with Gasteiger partial charge >= 0.3 is 0 Å². The molecule has 0 bridgehead atoms. The Morgan fingerprint density at radius 2 is 1.07 bits per heavy atom. The molecule has 4 aromatic carbocycles. The van der Waals surface area contributed by atoms with Crippen LogP contribution in [-0.4, -0.2) is 43.7 Å². The Bertz CT molecular complexity index is 1920. The zero-order valence-corrected chi connectivity index (χ0v) is 32.7. The lowest BCUT2D eigenvalue weighted by atomic mass is 9.81. The van der Waals surface area contributed by atoms with Crippen molar-refractivity contribution in [2.45, 2.75) is 134 Å². The number of hydrogen-bond donors (Lipinski definition) is 1. The maximum absolute atomic E-state index is 15.2. The largest absolute Gasteiger partial charge is 0.491 e. The second-order valence-corrected chi connectivity index (χ2v) is 15.9. The van der Waals surface area contributed by atoms with E-state index in [1.807, 2.05) is 0 Å². The molecule has 1 N–H and O–H groups in total. The van der Waals surface area contributed by atoms with Gasteiger partial charge in [-0.1, -0.05) is 43.9 Å². The summed E-state index contributed by atoms with van der Waals surface area (Å²) in [6.45, 7) is 4.91. The number of halogens is 6. The molecule has 0 heterocycles. The van der Waals surface area contributed by atoms with Crippen LogP contribution in [0.25, 0.3) is 21.5 Å². The minimum Gasteiger partial charge on any atom is -0.491 e. The number of aryl methyl sites for hydroxylation is 1. The molecule has 1 atom stereocenters. The van der Waals surface area contributed by atoms with Gasteiger partial charge in [-0.2, -0.15) is 0 Å². The average molecular weight is 787 g/mol. The summed E-state index contributed by atoms with van der Waals surface area (Å²) in [5.74, 6) is -5.70. The van der Waals surface area contributed by atoms with Crippen molar-refractivity contribution in [1.82, 2.24) is 0 Å². The topological polar surface area (TPSA) is 47.9 Å². The van der Waals surface area contributed by atoms with E-state index in [0.717, 1.165) is 70.6 Å². The van der Waals surface area contributed by atoms with Crippen molar-refractivity contribution >= 4 is 21.5 Å². The molecule has 0 aliphatic heterocycles. The van der Waals surface area contributed by atoms with Crippen LogP contribution in [-0.2, 0) is 9.47 Å². The van der Waals surface area contributed by atoms with Crippen molar-refractivity contribution in [1.29, 1.82) is 0 Å². The fourth-order valence-corrected chi connectivity index (χ4v) is 9.02. The van der Waals surface area contributed by atoms with Gasteiger partial charge in [-0.25, -0.2) is 26.3 Å². The molecule has 2 aliphatic rings. The molecular weight excluding hydrogens is 730 g/mol. The van der Waals surface area contributed by atoms with Gasteiger partial charge in [0.25, 0.3) is 0 Å². The Hall–Kier alpha value is -3.34. The standard InChI is InChI=1S/C46H56F6O4/c1-3-54-38-21-16-33-27-37(43(49)46(52)40(33)44(38)50)31-14-19-35(20-15-31)56-25-7-5-9-29(22-23-53)8-4-6-24-55-34-17-12-30(13-18-34)36-26-32-11-10-28(2)41(47)39(32)45(51)42(36)48/h10-11,16,21,26-27,29-31,34-35,53H,3-9,12-15,17-20,22-25H2,1-2H3. The number of ether oxygens (including phenoxy) is 3. The lowest BCUT2D eigenvalue weighted by Crippen LogP contribution is -2.22. The van der Waals surface area contributed by atoms with E-state index in [-0.39, 0.29) is 59.3 Å². The van der Waals surface area contributed by atoms with Gasteiger partial charge in [-0.05, 0) is 148 Å². The molecule has 4 aromatic rings. The van der Waals surface area contributed by atoms with Crippen LogP contribution >= 0.6 is 0 Å². The van der Waals surface area contributed by atoms with Crippen LogP contribution in [0.5, 0.6) is 5.75 Å². The van der Waals surface area contributed by atoms with Gasteiger partial charge in [0.15, 0.2) is 34.8 Å². The summed E-state index contributed by atoms with van der Waals surface area (Å²) in [6, 6.07) is 9.47. The smallest absolute Gasteiger partial charge is 0.175 e. The number of benzene rings is 4. The molecule has 4 nitrogen and oxygen atoms in total. The number of rotatable bonds is 18. The van der Waals surface area contributed by atoms with Crippen molar-refractivity contribution in [2.75, 3.05) is 26.4 Å². The molecule has 2 saturated carbocycles. The maximum Gasteiger partial charge on any atom is 0.175 e. The minimum atomic E-state index is -1.16. The fraction of sp³-hybridized carbons (Fsp3) is 0.565. The van der Waals surface area contributed by atoms with Crippen molar-refractivity contribution < 1.29 is 45.7 Å². The molecule has 0 amide bonds. The van der Waals surface area contributed by atoms with Gasteiger partial charge in [0.2, 0.25) is 0 Å². The zero-order valence-electron chi connectivity index (χ0n) is 32.7. The van der Waals surface area contributed by atoms with Crippen LogP contribution in [0.15, 0.2) is 36.4 Å². The minimum absolute atomic E-state index is 0.0762. The van der Waals surface area contributed by atoms with Crippen LogP contribution in [0, 0.1) is 47.7 Å². The molecule has 1 unspecified atom stereocenters. The number of aliphatic hydroxyl groups is 1. The summed E-state index contributed by atoms with van der Waals surface area (Å²) in [5.41, 5.74) is 0.914. The Kier molecular flexibility index (Phi) is 15.0. The predicted octanol–water partition coefficient (Wildman–Crippen LogP) is 12.7. The fourth-order valence-electron chi connectivity index (χ4n) is 9.02. The van der Waals surface area contributed by atoms with Crippen molar-refractivity contribution in [3.8, 4) is 5.75 Å². The Morgan fingerprint density at radius 3 is 1.55 bits per heavy atom. The highest BCUT2D eigenvalue weighted by Gasteiger charge is 2.30. The number of fused-ring (bicyclic) bond motifs is 2. The lowest BCUT2D eigenvalue weighted by molar-refractivity contribution is 0.0209. The highest BCUT2D eigenvalue weighted by molar-refractivity contribution is 5.87. The quantitative estimate of drug-likeness (QED) is 0.0806. The number of hydrogen-bond acceptors (Lipinski definition) is 4. The maximum atomic E-state index is 15.2. The first-order valence-electron chi connectivity index (χ1n) is 20.7. The number of unbranched alkanes of at least 4 members (excludes halogenated alkanes) is 2. The first-order valence-corrected chi connectivity index (χ1v) is 20.7. The second-order valence-electron chi connectivity index (χ2n) is 15.9. The third kappa shape index (κ3) is 9.84. The molecule has 0 aromatic heterocycles. The Morgan fingerprint density at radius 1 is 0.589 bits per heavy atom. The van der Waals surface area contributed by atoms with E-state index < -0.39 is 34.9 Å². The third-order valence-corrected chi connectivity index (χ3v) is 12.2. The summed E-state index contributed by atoms with van der Waals surface area (Å²) in [7, 11) is 0. The van der Waals surface area contributed by atoms with Gasteiger partial charge < -0.3 is 19.3 Å². The van der Waals surface area contributed by atoms with Gasteiger partial charge in [-0.3, -0.25) is 0 Å². The molecule has 2 aliphatic carbocycles.